The van der Waals surface area contributed by atoms with E-state index in [0.717, 1.165) is 44.3 Å². The Hall–Kier alpha value is -9.98. The van der Waals surface area contributed by atoms with Crippen molar-refractivity contribution in [3.05, 3.63) is 235 Å². The van der Waals surface area contributed by atoms with Crippen molar-refractivity contribution in [2.24, 2.45) is 0 Å². The number of rotatable bonds is 20. The van der Waals surface area contributed by atoms with Crippen LogP contribution in [0.25, 0.3) is 33.2 Å². The zero-order chi connectivity index (χ0) is 62.1. The Morgan fingerprint density at radius 3 is 2.24 bits per heavy atom. The molecule has 4 atom stereocenters. The van der Waals surface area contributed by atoms with Gasteiger partial charge in [-0.15, -0.1) is 0 Å². The molecule has 0 spiro atoms. The number of hydrogen-bond acceptors (Lipinski definition) is 11. The van der Waals surface area contributed by atoms with E-state index >= 15 is 4.39 Å². The van der Waals surface area contributed by atoms with Gasteiger partial charge in [0.15, 0.2) is 5.60 Å². The zero-order valence-corrected chi connectivity index (χ0v) is 49.4. The highest BCUT2D eigenvalue weighted by Crippen LogP contribution is 2.46. The van der Waals surface area contributed by atoms with Crippen molar-refractivity contribution in [1.82, 2.24) is 35.8 Å². The number of halogens is 1. The number of cyclic esters (lactones) is 1. The third-order valence-corrected chi connectivity index (χ3v) is 17.8. The summed E-state index contributed by atoms with van der Waals surface area (Å²) in [6.07, 6.45) is 1.65. The predicted octanol–water partition coefficient (Wildman–Crippen LogP) is 10.3. The summed E-state index contributed by atoms with van der Waals surface area (Å²) in [4.78, 5) is 90.0. The SMILES string of the molecule is CC[C@@]1(O)C(=O)OCc2c1cc1n(c2=O)Cc2c-1nc1cc(F)c(C)c3c1c2[C@@H](NC(=O)OCc1ccc(NC(=O)[C@H](CCCCNC(c2ccccc2)(c2ccccc2)c2ccc(C)cc2)NC(=O)[C@H](Cc2c[nH]c4ccccc24)NC(=O)O)cc1)CC3. The summed E-state index contributed by atoms with van der Waals surface area (Å²) in [7, 11) is 0. The van der Waals surface area contributed by atoms with Crippen LogP contribution in [-0.2, 0) is 67.6 Å². The number of aliphatic hydroxyl groups is 1. The molecule has 0 radical (unpaired) electrons. The quantitative estimate of drug-likeness (QED) is 0.0202. The molecule has 18 nitrogen and oxygen atoms in total. The number of aromatic amines is 1. The van der Waals surface area contributed by atoms with Crippen LogP contribution in [0.5, 0.6) is 0 Å². The highest BCUT2D eigenvalue weighted by Gasteiger charge is 2.46. The van der Waals surface area contributed by atoms with Crippen LogP contribution < -0.4 is 32.1 Å². The third kappa shape index (κ3) is 11.4. The van der Waals surface area contributed by atoms with Crippen molar-refractivity contribution < 1.29 is 48.0 Å². The van der Waals surface area contributed by atoms with Crippen molar-refractivity contribution in [2.75, 3.05) is 11.9 Å². The van der Waals surface area contributed by atoms with Gasteiger partial charge >= 0.3 is 18.2 Å². The fourth-order valence-corrected chi connectivity index (χ4v) is 13.1. The number of para-hydroxylation sites is 1. The second kappa shape index (κ2) is 24.7. The maximum absolute atomic E-state index is 15.6. The lowest BCUT2D eigenvalue weighted by Gasteiger charge is -2.37. The summed E-state index contributed by atoms with van der Waals surface area (Å²) in [6, 6.07) is 43.1. The maximum atomic E-state index is 15.6. The topological polar surface area (TPSA) is 255 Å². The third-order valence-electron chi connectivity index (χ3n) is 17.8. The fraction of sp³-hybridized carbons (Fsp3) is 0.271. The standard InChI is InChI=1S/C70H67FN8O10/c1-4-69(87)52-34-59-62-50(37-79(59)65(82)51(52)39-88-66(69)83)61-55(31-30-48-41(3)53(71)35-57(75-62)60(48)61)78-68(86)89-38-42-24-28-47(29-25-42)74-63(80)56(76-64(81)58(77-67(84)85)33-43-36-72-54-20-12-11-19-49(43)54)21-13-14-32-73-70(44-15-7-5-8-16-44,45-17-9-6-10-18-45)46-26-22-40(2)23-27-46/h5-12,15-20,22-29,34-36,55-56,58,72-73,77,87H,4,13-14,21,30-33,37-39H2,1-3H3,(H,74,80)(H,76,81)(H,78,86)(H,84,85)/t55-,56-,58-,69-/m0/s1. The van der Waals surface area contributed by atoms with E-state index in [4.69, 9.17) is 14.5 Å². The van der Waals surface area contributed by atoms with Gasteiger partial charge in [0.1, 0.15) is 31.1 Å². The molecule has 0 saturated heterocycles. The highest BCUT2D eigenvalue weighted by atomic mass is 19.1. The normalized spacial score (nSPS) is 16.3. The molecular formula is C70H67FN8O10. The number of ether oxygens (including phenoxy) is 2. The Kier molecular flexibility index (Phi) is 16.4. The average Bonchev–Trinajstić information content (AvgIpc) is 1.70. The van der Waals surface area contributed by atoms with E-state index < -0.39 is 70.6 Å². The molecule has 1 aliphatic carbocycles. The summed E-state index contributed by atoms with van der Waals surface area (Å²) in [5, 5.41) is 38.1. The van der Waals surface area contributed by atoms with E-state index in [1.165, 1.54) is 10.6 Å². The van der Waals surface area contributed by atoms with Gasteiger partial charge in [-0.1, -0.05) is 128 Å². The molecular weight excluding hydrogens is 1130 g/mol. The minimum atomic E-state index is -2.05. The Morgan fingerprint density at radius 2 is 1.53 bits per heavy atom. The molecule has 2 aliphatic heterocycles. The number of hydrogen-bond donors (Lipinski definition) is 8. The van der Waals surface area contributed by atoms with Crippen LogP contribution in [0.3, 0.4) is 0 Å². The number of alkyl carbamates (subject to hydrolysis) is 1. The number of unbranched alkanes of at least 4 members (excludes halogenated alkanes) is 1. The average molecular weight is 1200 g/mol. The molecule has 89 heavy (non-hydrogen) atoms. The van der Waals surface area contributed by atoms with Gasteiger partial charge in [-0.05, 0) is 128 Å². The lowest BCUT2D eigenvalue weighted by Crippen LogP contribution is -2.53. The number of carbonyl (C=O) groups is 5. The van der Waals surface area contributed by atoms with Gasteiger partial charge in [0.25, 0.3) is 5.56 Å². The number of pyridine rings is 2. The molecule has 19 heteroatoms. The number of nitrogens with zero attached hydrogens (tertiary/aromatic N) is 2. The van der Waals surface area contributed by atoms with Crippen LogP contribution in [0.4, 0.5) is 19.7 Å². The zero-order valence-electron chi connectivity index (χ0n) is 49.4. The molecule has 5 heterocycles. The van der Waals surface area contributed by atoms with Crippen LogP contribution in [0.15, 0.2) is 157 Å². The Balaban J connectivity index is 0.749. The van der Waals surface area contributed by atoms with E-state index in [0.29, 0.717) is 82.5 Å². The second-order valence-corrected chi connectivity index (χ2v) is 23.2. The van der Waals surface area contributed by atoms with Gasteiger partial charge in [0.2, 0.25) is 11.8 Å². The van der Waals surface area contributed by atoms with Gasteiger partial charge in [0.05, 0.1) is 40.6 Å². The lowest BCUT2D eigenvalue weighted by molar-refractivity contribution is -0.172. The summed E-state index contributed by atoms with van der Waals surface area (Å²) in [6.45, 7) is 5.50. The summed E-state index contributed by atoms with van der Waals surface area (Å²) >= 11 is 0. The van der Waals surface area contributed by atoms with Crippen LogP contribution in [0, 0.1) is 19.7 Å². The molecule has 0 fully saturated rings. The van der Waals surface area contributed by atoms with E-state index in [9.17, 15) is 39.0 Å². The molecule has 6 aromatic carbocycles. The van der Waals surface area contributed by atoms with Crippen molar-refractivity contribution >= 4 is 57.5 Å². The molecule has 9 aromatic rings. The van der Waals surface area contributed by atoms with Crippen molar-refractivity contribution in [3.8, 4) is 11.4 Å². The van der Waals surface area contributed by atoms with Crippen molar-refractivity contribution in [3.63, 3.8) is 0 Å². The maximum Gasteiger partial charge on any atom is 0.407 e. The first kappa shape index (κ1) is 59.4. The number of fused-ring (bicyclic) bond motifs is 6. The van der Waals surface area contributed by atoms with Crippen LogP contribution in [-0.4, -0.2) is 73.3 Å². The molecule has 0 saturated carbocycles. The molecule has 0 unspecified atom stereocenters. The van der Waals surface area contributed by atoms with Crippen molar-refractivity contribution in [2.45, 2.75) is 115 Å². The van der Waals surface area contributed by atoms with Gasteiger partial charge in [-0.2, -0.15) is 0 Å². The van der Waals surface area contributed by atoms with Gasteiger partial charge < -0.3 is 50.5 Å². The number of carboxylic acid groups (broad SMARTS) is 1. The van der Waals surface area contributed by atoms with Gasteiger partial charge in [-0.25, -0.2) is 23.8 Å². The minimum absolute atomic E-state index is 0.0128. The molecule has 3 aliphatic rings. The van der Waals surface area contributed by atoms with E-state index in [1.54, 1.807) is 50.4 Å². The smallest absolute Gasteiger partial charge is 0.407 e. The number of anilines is 1. The fourth-order valence-electron chi connectivity index (χ4n) is 13.1. The summed E-state index contributed by atoms with van der Waals surface area (Å²) in [5.74, 6) is -2.50. The minimum Gasteiger partial charge on any atom is -0.465 e. The number of aryl methyl sites for hydroxylation is 2. The van der Waals surface area contributed by atoms with Gasteiger partial charge in [0, 0.05) is 51.8 Å². The number of benzene rings is 6. The first-order valence-corrected chi connectivity index (χ1v) is 30.0. The largest absolute Gasteiger partial charge is 0.465 e. The summed E-state index contributed by atoms with van der Waals surface area (Å²) < 4.78 is 28.2. The molecule has 3 aromatic heterocycles. The molecule has 4 amide bonds. The summed E-state index contributed by atoms with van der Waals surface area (Å²) in [5.41, 5.74) is 7.44. The first-order valence-electron chi connectivity index (χ1n) is 30.0. The molecule has 12 rings (SSSR count). The predicted molar refractivity (Wildman–Crippen MR) is 333 cm³/mol. The Morgan fingerprint density at radius 1 is 0.831 bits per heavy atom. The van der Waals surface area contributed by atoms with Crippen LogP contribution >= 0.6 is 0 Å². The number of carbonyl (C=O) groups excluding carboxylic acids is 4. The molecule has 0 bridgehead atoms. The number of amides is 4. The van der Waals surface area contributed by atoms with Crippen LogP contribution in [0.2, 0.25) is 0 Å². The molecule has 8 N–H and O–H groups in total. The molecule has 454 valence electrons. The van der Waals surface area contributed by atoms with Crippen molar-refractivity contribution in [1.29, 1.82) is 0 Å². The van der Waals surface area contributed by atoms with Gasteiger partial charge in [-0.3, -0.25) is 19.7 Å². The second-order valence-electron chi connectivity index (χ2n) is 23.2. The number of H-pyrrole nitrogens is 1. The highest BCUT2D eigenvalue weighted by molar-refractivity contribution is 5.99. The first-order chi connectivity index (χ1) is 43.0. The number of esters is 1. The van der Waals surface area contributed by atoms with Crippen LogP contribution in [0.1, 0.15) is 112 Å². The number of nitrogens with one attached hydrogen (secondary N) is 6. The lowest BCUT2D eigenvalue weighted by atomic mass is 9.76. The van der Waals surface area contributed by atoms with E-state index in [2.05, 4.69) is 87.0 Å². The van der Waals surface area contributed by atoms with E-state index in [-0.39, 0.29) is 50.1 Å². The Labute approximate surface area is 511 Å². The monoisotopic (exact) mass is 1200 g/mol. The Bertz CT molecular complexity index is 4250. The number of aromatic nitrogens is 3. The van der Waals surface area contributed by atoms with E-state index in [1.807, 2.05) is 60.7 Å².